The van der Waals surface area contributed by atoms with Crippen molar-refractivity contribution < 1.29 is 9.59 Å². The molecule has 1 amide bonds. The number of carbonyl (C=O) groups is 2. The average Bonchev–Trinajstić information content (AvgIpc) is 2.87. The zero-order chi connectivity index (χ0) is 15.5. The number of hydrogen-bond acceptors (Lipinski definition) is 2. The first-order valence-corrected chi connectivity index (χ1v) is 8.03. The molecule has 0 bridgehead atoms. The predicted molar refractivity (Wildman–Crippen MR) is 87.0 cm³/mol. The molecule has 4 heteroatoms. The van der Waals surface area contributed by atoms with Crippen molar-refractivity contribution in [1.82, 2.24) is 9.88 Å². The van der Waals surface area contributed by atoms with Gasteiger partial charge in [0.2, 0.25) is 5.91 Å². The lowest BCUT2D eigenvalue weighted by molar-refractivity contribution is -0.122. The Bertz CT molecular complexity index is 696. The first kappa shape index (κ1) is 14.8. The quantitative estimate of drug-likeness (QED) is 0.881. The molecule has 0 atom stereocenters. The molecule has 0 unspecified atom stereocenters. The minimum Gasteiger partial charge on any atom is -0.352 e. The second-order valence-electron chi connectivity index (χ2n) is 6.15. The number of ketones is 1. The van der Waals surface area contributed by atoms with E-state index < -0.39 is 0 Å². The molecule has 22 heavy (non-hydrogen) atoms. The van der Waals surface area contributed by atoms with Gasteiger partial charge < -0.3 is 9.88 Å². The highest BCUT2D eigenvalue weighted by Gasteiger charge is 2.17. The topological polar surface area (TPSA) is 51.1 Å². The monoisotopic (exact) mass is 298 g/mol. The summed E-state index contributed by atoms with van der Waals surface area (Å²) in [7, 11) is 0. The molecule has 1 aromatic heterocycles. The molecular weight excluding hydrogens is 276 g/mol. The van der Waals surface area contributed by atoms with E-state index in [2.05, 4.69) is 5.32 Å². The summed E-state index contributed by atoms with van der Waals surface area (Å²) < 4.78 is 1.88. The maximum atomic E-state index is 12.3. The van der Waals surface area contributed by atoms with Crippen molar-refractivity contribution >= 4 is 22.6 Å². The van der Waals surface area contributed by atoms with Gasteiger partial charge in [0.1, 0.15) is 6.54 Å². The number of aromatic nitrogens is 1. The van der Waals surface area contributed by atoms with E-state index in [1.165, 1.54) is 19.3 Å². The number of carbonyl (C=O) groups excluding carboxylic acids is 2. The Morgan fingerprint density at radius 2 is 1.91 bits per heavy atom. The molecule has 0 spiro atoms. The van der Waals surface area contributed by atoms with Gasteiger partial charge in [0.15, 0.2) is 5.78 Å². The number of fused-ring (bicyclic) bond motifs is 1. The minimum atomic E-state index is 0.0302. The Labute approximate surface area is 130 Å². The Hall–Kier alpha value is -2.10. The first-order chi connectivity index (χ1) is 10.6. The average molecular weight is 298 g/mol. The van der Waals surface area contributed by atoms with Crippen LogP contribution in [-0.2, 0) is 11.3 Å². The van der Waals surface area contributed by atoms with Crippen molar-refractivity contribution in [3.8, 4) is 0 Å². The Kier molecular flexibility index (Phi) is 4.27. The van der Waals surface area contributed by atoms with Crippen LogP contribution in [-0.4, -0.2) is 22.3 Å². The van der Waals surface area contributed by atoms with Crippen molar-refractivity contribution in [2.45, 2.75) is 51.6 Å². The summed E-state index contributed by atoms with van der Waals surface area (Å²) >= 11 is 0. The molecule has 116 valence electrons. The highest BCUT2D eigenvalue weighted by Crippen LogP contribution is 2.22. The van der Waals surface area contributed by atoms with E-state index in [0.29, 0.717) is 11.6 Å². The summed E-state index contributed by atoms with van der Waals surface area (Å²) in [4.78, 5) is 24.0. The predicted octanol–water partition coefficient (Wildman–Crippen LogP) is 3.29. The smallest absolute Gasteiger partial charge is 0.240 e. The van der Waals surface area contributed by atoms with E-state index in [0.717, 1.165) is 23.7 Å². The number of para-hydroxylation sites is 1. The highest BCUT2D eigenvalue weighted by atomic mass is 16.2. The molecule has 0 saturated heterocycles. The molecule has 0 radical (unpaired) electrons. The van der Waals surface area contributed by atoms with Gasteiger partial charge in [-0.3, -0.25) is 9.59 Å². The Balaban J connectivity index is 1.78. The fourth-order valence-corrected chi connectivity index (χ4v) is 3.33. The van der Waals surface area contributed by atoms with E-state index in [4.69, 9.17) is 0 Å². The van der Waals surface area contributed by atoms with Crippen LogP contribution < -0.4 is 5.32 Å². The fraction of sp³-hybridized carbons (Fsp3) is 0.444. The molecule has 2 aromatic rings. The zero-order valence-electron chi connectivity index (χ0n) is 13.0. The van der Waals surface area contributed by atoms with Gasteiger partial charge >= 0.3 is 0 Å². The lowest BCUT2D eigenvalue weighted by Crippen LogP contribution is -2.38. The largest absolute Gasteiger partial charge is 0.352 e. The van der Waals surface area contributed by atoms with Gasteiger partial charge in [-0.15, -0.1) is 0 Å². The summed E-state index contributed by atoms with van der Waals surface area (Å²) in [5.41, 5.74) is 1.62. The van der Waals surface area contributed by atoms with Gasteiger partial charge in [0.05, 0.1) is 0 Å². The van der Waals surface area contributed by atoms with Crippen LogP contribution in [0.15, 0.2) is 30.5 Å². The van der Waals surface area contributed by atoms with Gasteiger partial charge in [0, 0.05) is 28.7 Å². The summed E-state index contributed by atoms with van der Waals surface area (Å²) in [6.07, 6.45) is 7.63. The van der Waals surface area contributed by atoms with E-state index in [1.807, 2.05) is 28.8 Å². The zero-order valence-corrected chi connectivity index (χ0v) is 13.0. The number of amides is 1. The van der Waals surface area contributed by atoms with Gasteiger partial charge in [-0.05, 0) is 25.8 Å². The van der Waals surface area contributed by atoms with Crippen molar-refractivity contribution in [2.75, 3.05) is 0 Å². The van der Waals surface area contributed by atoms with Crippen molar-refractivity contribution in [3.05, 3.63) is 36.0 Å². The van der Waals surface area contributed by atoms with Gasteiger partial charge in [-0.25, -0.2) is 0 Å². The van der Waals surface area contributed by atoms with Crippen LogP contribution in [0.1, 0.15) is 49.4 Å². The fourth-order valence-electron chi connectivity index (χ4n) is 3.33. The highest BCUT2D eigenvalue weighted by molar-refractivity contribution is 6.07. The number of Topliss-reactive ketones (excluding diaryl/α,β-unsaturated/α-hetero) is 1. The molecule has 4 nitrogen and oxygen atoms in total. The number of hydrogen-bond donors (Lipinski definition) is 1. The van der Waals surface area contributed by atoms with E-state index in [-0.39, 0.29) is 18.2 Å². The number of rotatable bonds is 4. The summed E-state index contributed by atoms with van der Waals surface area (Å²) in [6, 6.07) is 8.05. The molecule has 1 aliphatic rings. The molecule has 1 heterocycles. The lowest BCUT2D eigenvalue weighted by atomic mass is 9.95. The molecule has 3 rings (SSSR count). The molecule has 0 aliphatic heterocycles. The Morgan fingerprint density at radius 3 is 2.64 bits per heavy atom. The lowest BCUT2D eigenvalue weighted by Gasteiger charge is -2.22. The standard InChI is InChI=1S/C18H22N2O2/c1-13(21)16-11-20(17-10-6-5-9-15(16)17)12-18(22)19-14-7-3-2-4-8-14/h5-6,9-11,14H,2-4,7-8,12H2,1H3,(H,19,22). The van der Waals surface area contributed by atoms with Crippen LogP contribution in [0.25, 0.3) is 10.9 Å². The number of nitrogens with zero attached hydrogens (tertiary/aromatic N) is 1. The molecule has 1 saturated carbocycles. The van der Waals surface area contributed by atoms with Crippen LogP contribution >= 0.6 is 0 Å². The van der Waals surface area contributed by atoms with Crippen LogP contribution in [0.4, 0.5) is 0 Å². The maximum Gasteiger partial charge on any atom is 0.240 e. The van der Waals surface area contributed by atoms with Crippen LogP contribution in [0, 0.1) is 0 Å². The van der Waals surface area contributed by atoms with Gasteiger partial charge in [-0.2, -0.15) is 0 Å². The third-order valence-electron chi connectivity index (χ3n) is 4.45. The SMILES string of the molecule is CC(=O)c1cn(CC(=O)NC2CCCCC2)c2ccccc12. The second kappa shape index (κ2) is 6.34. The van der Waals surface area contributed by atoms with E-state index in [9.17, 15) is 9.59 Å². The van der Waals surface area contributed by atoms with Crippen molar-refractivity contribution in [2.24, 2.45) is 0 Å². The van der Waals surface area contributed by atoms with Crippen LogP contribution in [0.2, 0.25) is 0 Å². The summed E-state index contributed by atoms with van der Waals surface area (Å²) in [6.45, 7) is 1.83. The molecule has 1 N–H and O–H groups in total. The summed E-state index contributed by atoms with van der Waals surface area (Å²) in [5.74, 6) is 0.0605. The molecule has 1 fully saturated rings. The van der Waals surface area contributed by atoms with Crippen LogP contribution in [0.5, 0.6) is 0 Å². The van der Waals surface area contributed by atoms with Gasteiger partial charge in [0.25, 0.3) is 0 Å². The molecular formula is C18H22N2O2. The minimum absolute atomic E-state index is 0.0302. The first-order valence-electron chi connectivity index (χ1n) is 8.03. The maximum absolute atomic E-state index is 12.3. The van der Waals surface area contributed by atoms with Gasteiger partial charge in [-0.1, -0.05) is 37.5 Å². The Morgan fingerprint density at radius 1 is 1.18 bits per heavy atom. The number of nitrogens with one attached hydrogen (secondary N) is 1. The summed E-state index contributed by atoms with van der Waals surface area (Å²) in [5, 5.41) is 4.04. The van der Waals surface area contributed by atoms with E-state index in [1.54, 1.807) is 13.1 Å². The third kappa shape index (κ3) is 3.06. The van der Waals surface area contributed by atoms with Crippen LogP contribution in [0.3, 0.4) is 0 Å². The van der Waals surface area contributed by atoms with Crippen molar-refractivity contribution in [3.63, 3.8) is 0 Å². The normalized spacial score (nSPS) is 15.9. The van der Waals surface area contributed by atoms with Crippen molar-refractivity contribution in [1.29, 1.82) is 0 Å². The van der Waals surface area contributed by atoms with E-state index >= 15 is 0 Å². The number of benzene rings is 1. The third-order valence-corrected chi connectivity index (χ3v) is 4.45. The molecule has 1 aliphatic carbocycles. The second-order valence-corrected chi connectivity index (χ2v) is 6.15. The molecule has 1 aromatic carbocycles.